The lowest BCUT2D eigenvalue weighted by atomic mass is 10.0. The first-order chi connectivity index (χ1) is 54.2. The molecule has 18 rings (SSSR count). The van der Waals surface area contributed by atoms with Gasteiger partial charge in [-0.05, 0) is 171 Å². The number of nitrogens with two attached hydrogens (primary N) is 1. The minimum Gasteiger partial charge on any atom is -0.383 e. The topological polar surface area (TPSA) is 235 Å². The first kappa shape index (κ1) is 73.6. The second-order valence-corrected chi connectivity index (χ2v) is 29.1. The number of nitrogen functional groups attached to an aromatic ring is 1. The molecular weight excluding hydrogens is 1390 g/mol. The highest BCUT2D eigenvalue weighted by molar-refractivity contribution is 5.83. The third-order valence-electron chi connectivity index (χ3n) is 19.8. The third-order valence-corrected chi connectivity index (χ3v) is 19.8. The molecule has 560 valence electrons. The van der Waals surface area contributed by atoms with Gasteiger partial charge in [-0.2, -0.15) is 0 Å². The van der Waals surface area contributed by atoms with E-state index in [2.05, 4.69) is 229 Å². The number of hydrogen-bond donors (Lipinski definition) is 4. The van der Waals surface area contributed by atoms with Crippen LogP contribution in [0.1, 0.15) is 96.2 Å². The summed E-state index contributed by atoms with van der Waals surface area (Å²) in [5.41, 5.74) is 33.4. The van der Waals surface area contributed by atoms with Crippen LogP contribution in [0.25, 0.3) is 112 Å². The second kappa shape index (κ2) is 31.4. The van der Waals surface area contributed by atoms with Gasteiger partial charge in [0.25, 0.3) is 0 Å². The van der Waals surface area contributed by atoms with Gasteiger partial charge in [0.1, 0.15) is 91.7 Å². The van der Waals surface area contributed by atoms with Gasteiger partial charge in [0.15, 0.2) is 0 Å². The Kier molecular flexibility index (Phi) is 20.6. The van der Waals surface area contributed by atoms with Gasteiger partial charge in [0.2, 0.25) is 0 Å². The number of aromatic nitrogens is 12. The van der Waals surface area contributed by atoms with Gasteiger partial charge in [-0.1, -0.05) is 203 Å². The second-order valence-electron chi connectivity index (χ2n) is 29.1. The van der Waals surface area contributed by atoms with Crippen molar-refractivity contribution in [3.05, 3.63) is 312 Å². The average molecular weight is 1480 g/mol. The summed E-state index contributed by atoms with van der Waals surface area (Å²) in [6, 6.07) is 76.5. The Morgan fingerprint density at radius 3 is 1.10 bits per heavy atom. The zero-order valence-corrected chi connectivity index (χ0v) is 65.0. The summed E-state index contributed by atoms with van der Waals surface area (Å²) in [6.07, 6.45) is 8.12. The summed E-state index contributed by atoms with van der Waals surface area (Å²) in [5, 5.41) is 27.1. The Bertz CT molecular complexity index is 6140. The van der Waals surface area contributed by atoms with Gasteiger partial charge in [-0.3, -0.25) is 17.6 Å². The molecule has 20 heteroatoms. The first-order valence-corrected chi connectivity index (χ1v) is 37.4. The Hall–Kier alpha value is -13.9. The van der Waals surface area contributed by atoms with E-state index in [-0.39, 0.29) is 11.6 Å². The number of fused-ring (bicyclic) bond motifs is 4. The number of rotatable bonds is 15. The minimum atomic E-state index is -0.0722. The molecule has 0 saturated carbocycles. The van der Waals surface area contributed by atoms with Crippen LogP contribution in [0.5, 0.6) is 0 Å². The smallest absolute Gasteiger partial charge is 0.141 e. The van der Waals surface area contributed by atoms with Crippen LogP contribution in [0.2, 0.25) is 0 Å². The van der Waals surface area contributed by atoms with Gasteiger partial charge in [-0.25, -0.2) is 19.9 Å². The summed E-state index contributed by atoms with van der Waals surface area (Å²) < 4.78 is 29.4. The van der Waals surface area contributed by atoms with E-state index >= 15 is 0 Å². The highest BCUT2D eigenvalue weighted by Crippen LogP contribution is 2.39. The number of nitrogens with zero attached hydrogens (tertiary/aromatic N) is 12. The summed E-state index contributed by atoms with van der Waals surface area (Å²) in [5.74, 6) is 6.94. The Labute approximate surface area is 649 Å². The number of imidazole rings is 4. The number of aryl methyl sites for hydroxylation is 9. The molecule has 0 radical (unpaired) electrons. The lowest BCUT2D eigenvalue weighted by Gasteiger charge is -2.22. The normalized spacial score (nSPS) is 11.7. The molecule has 0 aliphatic heterocycles. The van der Waals surface area contributed by atoms with E-state index < -0.39 is 0 Å². The molecule has 1 atom stereocenters. The quantitative estimate of drug-likeness (QED) is 0.0747. The van der Waals surface area contributed by atoms with E-state index in [4.69, 9.17) is 38.8 Å². The molecule has 0 unspecified atom stereocenters. The van der Waals surface area contributed by atoms with Crippen molar-refractivity contribution in [3.8, 4) is 89.5 Å². The van der Waals surface area contributed by atoms with Crippen molar-refractivity contribution >= 4 is 45.9 Å². The molecule has 0 aliphatic carbocycles. The molecule has 0 spiro atoms. The van der Waals surface area contributed by atoms with Crippen molar-refractivity contribution in [3.63, 3.8) is 0 Å². The van der Waals surface area contributed by atoms with Crippen LogP contribution in [0.3, 0.4) is 0 Å². The molecule has 0 saturated heterocycles. The summed E-state index contributed by atoms with van der Waals surface area (Å²) in [7, 11) is 0. The molecule has 0 bridgehead atoms. The zero-order chi connectivity index (χ0) is 77.9. The predicted octanol–water partition coefficient (Wildman–Crippen LogP) is 22.0. The van der Waals surface area contributed by atoms with Crippen LogP contribution in [0.15, 0.2) is 267 Å². The summed E-state index contributed by atoms with van der Waals surface area (Å²) in [6.45, 7) is 27.0. The Morgan fingerprint density at radius 2 is 0.696 bits per heavy atom. The van der Waals surface area contributed by atoms with Gasteiger partial charge in [-0.15, -0.1) is 0 Å². The van der Waals surface area contributed by atoms with E-state index in [0.29, 0.717) is 5.82 Å². The Balaban J connectivity index is 0.000000119. The van der Waals surface area contributed by atoms with E-state index in [1.54, 1.807) is 0 Å². The molecular formula is C92H88N16O4. The summed E-state index contributed by atoms with van der Waals surface area (Å²) >= 11 is 0. The van der Waals surface area contributed by atoms with Crippen molar-refractivity contribution in [1.29, 1.82) is 0 Å². The maximum absolute atomic E-state index is 6.23. The van der Waals surface area contributed by atoms with Gasteiger partial charge in [0.05, 0.1) is 22.8 Å². The van der Waals surface area contributed by atoms with Crippen molar-refractivity contribution < 1.29 is 18.1 Å². The van der Waals surface area contributed by atoms with Crippen molar-refractivity contribution in [2.24, 2.45) is 0 Å². The Morgan fingerprint density at radius 1 is 0.357 bits per heavy atom. The molecule has 18 aromatic rings. The van der Waals surface area contributed by atoms with E-state index in [1.807, 2.05) is 169 Å². The molecule has 6 aromatic carbocycles. The highest BCUT2D eigenvalue weighted by atomic mass is 16.5. The zero-order valence-electron chi connectivity index (χ0n) is 65.0. The molecule has 0 amide bonds. The molecule has 20 nitrogen and oxygen atoms in total. The fourth-order valence-electron chi connectivity index (χ4n) is 14.3. The van der Waals surface area contributed by atoms with E-state index in [0.717, 1.165) is 182 Å². The molecule has 0 fully saturated rings. The molecule has 0 aliphatic rings. The van der Waals surface area contributed by atoms with Gasteiger partial charge >= 0.3 is 0 Å². The predicted molar refractivity (Wildman–Crippen MR) is 447 cm³/mol. The first-order valence-electron chi connectivity index (χ1n) is 37.4. The lowest BCUT2D eigenvalue weighted by Crippen LogP contribution is -2.27. The largest absolute Gasteiger partial charge is 0.383 e. The maximum Gasteiger partial charge on any atom is 0.141 e. The van der Waals surface area contributed by atoms with Crippen LogP contribution in [-0.4, -0.2) is 63.7 Å². The third kappa shape index (κ3) is 15.3. The number of benzene rings is 6. The maximum atomic E-state index is 6.23. The molecule has 5 N–H and O–H groups in total. The van der Waals surface area contributed by atoms with Crippen molar-refractivity contribution in [2.75, 3.05) is 21.7 Å². The SMILES string of the molecule is Cc1ccc2nc(-c3ccc(-c4c(C)noc4C)cc3)c(NCc3ccccc3)n2c1.Cc1noc(C)c1-c1ccc(-c2nc3ccccn3c2N)cc1.Cc1noc(C)c1-c1ccc(-c2nc3ccccn3c2NC(C)(C)C)cc1.Cc1noc(C)c1-c1ccc(-c2nc3ccccn3c2N[C@@H](C)c2ccccc2)cc1. The average Bonchev–Trinajstić information content (AvgIpc) is 1.66. The number of nitrogens with one attached hydrogen (secondary N) is 3. The summed E-state index contributed by atoms with van der Waals surface area (Å²) in [4.78, 5) is 19.3. The molecule has 12 aromatic heterocycles. The molecule has 112 heavy (non-hydrogen) atoms. The minimum absolute atomic E-state index is 0.0722. The van der Waals surface area contributed by atoms with E-state index in [9.17, 15) is 0 Å². The van der Waals surface area contributed by atoms with Crippen LogP contribution < -0.4 is 21.7 Å². The lowest BCUT2D eigenvalue weighted by molar-refractivity contribution is 0.393. The monoisotopic (exact) mass is 1480 g/mol. The van der Waals surface area contributed by atoms with Crippen LogP contribution in [-0.2, 0) is 6.54 Å². The van der Waals surface area contributed by atoms with Crippen molar-refractivity contribution in [2.45, 2.75) is 108 Å². The molecule has 12 heterocycles. The number of anilines is 4. The standard InChI is InChI=1S/2C26H24N4O.C22H24N4O.C18H16N4O/c1-17(20-9-5-4-6-10-20)27-26-25(28-23-11-7-8-16-30(23)26)22-14-12-21(13-15-22)24-18(2)29-31-19(24)3;1-17-9-14-23-28-25(26(30(23)16-17)27-15-20-7-5-4-6-8-20)22-12-10-21(11-13-22)24-18(2)29-31-19(24)3;1-14-19(15(2)27-25-14)16-9-11-17(12-10-16)20-21(24-22(3,4)5)26-13-7-6-8-18(26)23-20;1-11-16(12(2)23-21-11)13-6-8-14(9-7-13)17-18(19)22-10-4-3-5-15(22)20-17/h4-17,27H,1-3H3;4-14,16,27H,15H2,1-3H3;6-13,24H,1-5H3;3-10H,19H2,1-2H3/t17-;;;/m0.../s1. The number of pyridine rings is 4. The van der Waals surface area contributed by atoms with Gasteiger partial charge < -0.3 is 39.8 Å². The van der Waals surface area contributed by atoms with Crippen LogP contribution >= 0.6 is 0 Å². The van der Waals surface area contributed by atoms with Crippen molar-refractivity contribution in [1.82, 2.24) is 58.2 Å². The van der Waals surface area contributed by atoms with Crippen LogP contribution in [0, 0.1) is 62.3 Å². The van der Waals surface area contributed by atoms with E-state index in [1.165, 1.54) is 16.7 Å². The fourth-order valence-corrected chi connectivity index (χ4v) is 14.3. The highest BCUT2D eigenvalue weighted by Gasteiger charge is 2.24. The van der Waals surface area contributed by atoms with Gasteiger partial charge in [0, 0.05) is 87.4 Å². The number of hydrogen-bond acceptors (Lipinski definition) is 16. The van der Waals surface area contributed by atoms with Crippen LogP contribution in [0.4, 0.5) is 23.3 Å². The fraction of sp³-hybridized carbons (Fsp3) is 0.174.